The van der Waals surface area contributed by atoms with Gasteiger partial charge < -0.3 is 13.6 Å². The largest absolute Gasteiger partial charge is 0.448 e. The van der Waals surface area contributed by atoms with Crippen molar-refractivity contribution in [1.82, 2.24) is 15.0 Å². The Hall–Kier alpha value is -5.58. The zero-order chi connectivity index (χ0) is 33.7. The quantitative estimate of drug-likeness (QED) is 0.145. The average molecular weight is 721 g/mol. The summed E-state index contributed by atoms with van der Waals surface area (Å²) < 4.78 is 19.8. The van der Waals surface area contributed by atoms with Crippen LogP contribution in [0.15, 0.2) is 146 Å². The van der Waals surface area contributed by atoms with E-state index in [0.29, 0.717) is 17.8 Å². The molecule has 4 heterocycles. The Morgan fingerprint density at radius 2 is 0.569 bits per heavy atom. The standard InChI is InChI=1S/C39H27N6O3P3/c1-7-19-31-25(13-1)28-16-4-10-22-34(28)49(46-31)43-37-40-38(44-50-35-23-11-5-17-29(35)26-14-2-8-20-32(26)47-50)42-39(41-37)45-51-36-24-12-6-18-30(36)27-15-3-9-21-33(27)48-51/h1-24H,(H3,40,41,42,43,44,45). The van der Waals surface area contributed by atoms with Crippen LogP contribution in [0.2, 0.25) is 0 Å². The summed E-state index contributed by atoms with van der Waals surface area (Å²) >= 11 is 0. The molecule has 7 aromatic rings. The van der Waals surface area contributed by atoms with Crippen LogP contribution in [0.25, 0.3) is 33.4 Å². The molecule has 246 valence electrons. The molecule has 0 bridgehead atoms. The molecule has 0 aliphatic carbocycles. The lowest BCUT2D eigenvalue weighted by atomic mass is 10.0. The molecule has 6 aromatic carbocycles. The molecule has 0 saturated carbocycles. The number of nitrogens with zero attached hydrogens (tertiary/aromatic N) is 3. The van der Waals surface area contributed by atoms with Crippen molar-refractivity contribution in [3.63, 3.8) is 0 Å². The molecule has 1 aromatic heterocycles. The van der Waals surface area contributed by atoms with Gasteiger partial charge in [0.2, 0.25) is 42.7 Å². The highest BCUT2D eigenvalue weighted by Gasteiger charge is 2.32. The van der Waals surface area contributed by atoms with Gasteiger partial charge in [0, 0.05) is 32.6 Å². The summed E-state index contributed by atoms with van der Waals surface area (Å²) in [5, 5.41) is 13.8. The van der Waals surface area contributed by atoms with Crippen molar-refractivity contribution >= 4 is 58.7 Å². The number of hydrogen-bond donors (Lipinski definition) is 3. The summed E-state index contributed by atoms with van der Waals surface area (Å²) in [6.45, 7) is 0. The predicted octanol–water partition coefficient (Wildman–Crippen LogP) is 9.20. The van der Waals surface area contributed by atoms with E-state index < -0.39 is 24.9 Å². The van der Waals surface area contributed by atoms with Gasteiger partial charge >= 0.3 is 0 Å². The fraction of sp³-hybridized carbons (Fsp3) is 0. The average Bonchev–Trinajstić information content (AvgIpc) is 3.18. The molecule has 3 unspecified atom stereocenters. The van der Waals surface area contributed by atoms with Crippen molar-refractivity contribution in [3.8, 4) is 50.6 Å². The van der Waals surface area contributed by atoms with Crippen molar-refractivity contribution in [3.05, 3.63) is 146 Å². The molecule has 0 spiro atoms. The Labute approximate surface area is 297 Å². The van der Waals surface area contributed by atoms with E-state index in [1.165, 1.54) is 0 Å². The molecule has 3 aliphatic rings. The van der Waals surface area contributed by atoms with Crippen LogP contribution in [0.4, 0.5) is 17.8 Å². The first-order valence-electron chi connectivity index (χ1n) is 16.3. The van der Waals surface area contributed by atoms with E-state index in [1.807, 2.05) is 91.0 Å². The van der Waals surface area contributed by atoms with E-state index in [2.05, 4.69) is 69.9 Å². The van der Waals surface area contributed by atoms with Gasteiger partial charge in [-0.1, -0.05) is 109 Å². The third kappa shape index (κ3) is 5.51. The molecule has 0 fully saturated rings. The highest BCUT2D eigenvalue weighted by molar-refractivity contribution is 7.64. The van der Waals surface area contributed by atoms with Crippen LogP contribution in [-0.4, -0.2) is 15.0 Å². The van der Waals surface area contributed by atoms with Crippen molar-refractivity contribution in [1.29, 1.82) is 0 Å². The van der Waals surface area contributed by atoms with Crippen LogP contribution in [0.1, 0.15) is 0 Å². The fourth-order valence-corrected chi connectivity index (χ4v) is 11.0. The third-order valence-electron chi connectivity index (χ3n) is 8.71. The smallest absolute Gasteiger partial charge is 0.235 e. The van der Waals surface area contributed by atoms with Crippen molar-refractivity contribution in [2.24, 2.45) is 0 Å². The summed E-state index contributed by atoms with van der Waals surface area (Å²) in [5.74, 6) is 3.50. The molecule has 3 N–H and O–H groups in total. The molecule has 0 amide bonds. The highest BCUT2D eigenvalue weighted by atomic mass is 31.2. The first kappa shape index (κ1) is 30.3. The van der Waals surface area contributed by atoms with Gasteiger partial charge in [-0.15, -0.1) is 0 Å². The summed E-state index contributed by atoms with van der Waals surface area (Å²) in [7, 11) is -4.14. The van der Waals surface area contributed by atoms with Crippen LogP contribution in [-0.2, 0) is 0 Å². The van der Waals surface area contributed by atoms with Gasteiger partial charge in [-0.2, -0.15) is 15.0 Å². The fourth-order valence-electron chi connectivity index (χ4n) is 6.43. The van der Waals surface area contributed by atoms with Crippen molar-refractivity contribution in [2.75, 3.05) is 15.3 Å². The molecule has 3 aliphatic heterocycles. The van der Waals surface area contributed by atoms with Crippen LogP contribution in [0.5, 0.6) is 17.2 Å². The number of nitrogens with one attached hydrogen (secondary N) is 3. The number of fused-ring (bicyclic) bond motifs is 9. The molecular formula is C39H27N6O3P3. The van der Waals surface area contributed by atoms with Gasteiger partial charge in [0.05, 0.1) is 0 Å². The summed E-state index contributed by atoms with van der Waals surface area (Å²) in [5.41, 5.74) is 6.52. The Kier molecular flexibility index (Phi) is 7.50. The summed E-state index contributed by atoms with van der Waals surface area (Å²) in [4.78, 5) is 14.7. The SMILES string of the molecule is c1ccc2c(c1)OP(Nc1nc(NP3Oc4ccccc4-c4ccccc43)nc(NP3Oc4ccccc4-c4ccccc43)n1)c1ccccc1-2. The van der Waals surface area contributed by atoms with E-state index in [9.17, 15) is 0 Å². The van der Waals surface area contributed by atoms with Gasteiger partial charge in [0.15, 0.2) is 0 Å². The molecule has 3 atom stereocenters. The Morgan fingerprint density at radius 3 is 0.882 bits per heavy atom. The topological polar surface area (TPSA) is 102 Å². The van der Waals surface area contributed by atoms with Gasteiger partial charge in [-0.25, -0.2) is 0 Å². The van der Waals surface area contributed by atoms with Crippen LogP contribution >= 0.6 is 24.9 Å². The molecule has 10 rings (SSSR count). The zero-order valence-electron chi connectivity index (χ0n) is 26.8. The third-order valence-corrected chi connectivity index (χ3v) is 13.5. The van der Waals surface area contributed by atoms with Gasteiger partial charge in [0.25, 0.3) is 0 Å². The van der Waals surface area contributed by atoms with Crippen LogP contribution < -0.4 is 44.7 Å². The summed E-state index contributed by atoms with van der Waals surface area (Å²) in [6.07, 6.45) is 0. The normalized spacial score (nSPS) is 17.3. The molecule has 51 heavy (non-hydrogen) atoms. The second kappa shape index (κ2) is 12.6. The first-order valence-corrected chi connectivity index (χ1v) is 20.1. The molecule has 0 radical (unpaired) electrons. The van der Waals surface area contributed by atoms with E-state index >= 15 is 0 Å². The van der Waals surface area contributed by atoms with E-state index in [-0.39, 0.29) is 0 Å². The number of para-hydroxylation sites is 3. The minimum absolute atomic E-state index is 0.358. The number of anilines is 3. The lowest BCUT2D eigenvalue weighted by Gasteiger charge is -2.30. The minimum atomic E-state index is -1.38. The summed E-state index contributed by atoms with van der Waals surface area (Å²) in [6, 6.07) is 49.1. The van der Waals surface area contributed by atoms with E-state index in [4.69, 9.17) is 28.5 Å². The van der Waals surface area contributed by atoms with Crippen LogP contribution in [0, 0.1) is 0 Å². The number of benzene rings is 6. The van der Waals surface area contributed by atoms with Gasteiger partial charge in [-0.3, -0.25) is 15.3 Å². The number of hydrogen-bond acceptors (Lipinski definition) is 9. The maximum atomic E-state index is 6.58. The highest BCUT2D eigenvalue weighted by Crippen LogP contribution is 2.51. The van der Waals surface area contributed by atoms with Crippen molar-refractivity contribution < 1.29 is 13.6 Å². The first-order chi connectivity index (χ1) is 25.2. The van der Waals surface area contributed by atoms with Gasteiger partial charge in [-0.05, 0) is 53.1 Å². The lowest BCUT2D eigenvalue weighted by Crippen LogP contribution is -2.22. The van der Waals surface area contributed by atoms with Crippen molar-refractivity contribution in [2.45, 2.75) is 0 Å². The molecular weight excluding hydrogens is 693 g/mol. The zero-order valence-corrected chi connectivity index (χ0v) is 29.4. The van der Waals surface area contributed by atoms with Crippen LogP contribution in [0.3, 0.4) is 0 Å². The molecule has 0 saturated heterocycles. The minimum Gasteiger partial charge on any atom is -0.448 e. The molecule has 12 heteroatoms. The van der Waals surface area contributed by atoms with E-state index in [1.54, 1.807) is 0 Å². The number of aromatic nitrogens is 3. The van der Waals surface area contributed by atoms with Gasteiger partial charge in [0.1, 0.15) is 17.2 Å². The second-order valence-corrected chi connectivity index (χ2v) is 16.3. The lowest BCUT2D eigenvalue weighted by molar-refractivity contribution is 0.624. The molecule has 9 nitrogen and oxygen atoms in total. The Morgan fingerprint density at radius 1 is 0.314 bits per heavy atom. The maximum absolute atomic E-state index is 6.58. The predicted molar refractivity (Wildman–Crippen MR) is 208 cm³/mol. The Bertz CT molecular complexity index is 2190. The second-order valence-electron chi connectivity index (χ2n) is 11.8. The van der Waals surface area contributed by atoms with E-state index in [0.717, 1.165) is 66.5 Å². The number of rotatable bonds is 6. The Balaban J connectivity index is 1.04. The monoisotopic (exact) mass is 720 g/mol. The maximum Gasteiger partial charge on any atom is 0.235 e.